The number of fused-ring (bicyclic) bond motifs is 2. The van der Waals surface area contributed by atoms with Crippen molar-refractivity contribution in [2.45, 2.75) is 32.4 Å². The molecule has 1 atom stereocenters. The summed E-state index contributed by atoms with van der Waals surface area (Å²) < 4.78 is 33.3. The fraction of sp³-hybridized carbons (Fsp3) is 0.182. The van der Waals surface area contributed by atoms with Gasteiger partial charge < -0.3 is 15.4 Å². The monoisotopic (exact) mass is 595 g/mol. The molecule has 0 radical (unpaired) electrons. The molecule has 2 aromatic heterocycles. The predicted molar refractivity (Wildman–Crippen MR) is 157 cm³/mol. The summed E-state index contributed by atoms with van der Waals surface area (Å²) in [5.41, 5.74) is 5.23. The van der Waals surface area contributed by atoms with Crippen molar-refractivity contribution in [3.8, 4) is 11.3 Å². The van der Waals surface area contributed by atoms with E-state index < -0.39 is 29.4 Å². The number of esters is 1. The zero-order chi connectivity index (χ0) is 31.0. The van der Waals surface area contributed by atoms with E-state index in [1.54, 1.807) is 12.1 Å². The minimum atomic E-state index is -1.02. The van der Waals surface area contributed by atoms with Crippen LogP contribution in [0, 0.1) is 18.6 Å². The second-order valence-electron chi connectivity index (χ2n) is 10.5. The van der Waals surface area contributed by atoms with Crippen LogP contribution >= 0.6 is 0 Å². The number of nitrogens with one attached hydrogen (secondary N) is 2. The maximum atomic E-state index is 13.8. The van der Waals surface area contributed by atoms with Crippen molar-refractivity contribution in [2.75, 3.05) is 7.11 Å². The van der Waals surface area contributed by atoms with Gasteiger partial charge in [-0.1, -0.05) is 42.5 Å². The summed E-state index contributed by atoms with van der Waals surface area (Å²) in [6.45, 7) is 1.78. The van der Waals surface area contributed by atoms with Crippen LogP contribution in [-0.2, 0) is 17.7 Å². The molecule has 5 aromatic rings. The summed E-state index contributed by atoms with van der Waals surface area (Å²) in [5, 5.41) is 10.3. The second kappa shape index (κ2) is 11.7. The number of halogens is 2. The normalized spacial score (nSPS) is 13.9. The van der Waals surface area contributed by atoms with Gasteiger partial charge in [0.15, 0.2) is 17.3 Å². The van der Waals surface area contributed by atoms with E-state index in [9.17, 15) is 23.2 Å². The second-order valence-corrected chi connectivity index (χ2v) is 10.5. The van der Waals surface area contributed by atoms with Crippen molar-refractivity contribution in [3.63, 3.8) is 0 Å². The number of carbonyl (C=O) groups excluding carboxylic acids is 3. The Hall–Kier alpha value is -5.45. The molecule has 9 nitrogen and oxygen atoms in total. The third-order valence-electron chi connectivity index (χ3n) is 7.80. The highest BCUT2D eigenvalue weighted by Gasteiger charge is 2.29. The Labute approximate surface area is 250 Å². The Morgan fingerprint density at radius 1 is 0.977 bits per heavy atom. The SMILES string of the molecule is COC(=O)c1ccc2c(c1C)CC[C@@H]2NC(=O)c1cc(C(=O)NCc2ccc(F)c(F)c2)nc2cc(-c3ccccc3)nn12. The summed E-state index contributed by atoms with van der Waals surface area (Å²) >= 11 is 0. The van der Waals surface area contributed by atoms with E-state index >= 15 is 0 Å². The van der Waals surface area contributed by atoms with E-state index in [1.165, 1.54) is 23.8 Å². The van der Waals surface area contributed by atoms with Gasteiger partial charge in [0.25, 0.3) is 11.8 Å². The number of nitrogens with zero attached hydrogens (tertiary/aromatic N) is 3. The average Bonchev–Trinajstić information content (AvgIpc) is 3.66. The van der Waals surface area contributed by atoms with Gasteiger partial charge in [0.2, 0.25) is 0 Å². The number of hydrogen-bond donors (Lipinski definition) is 2. The zero-order valence-electron chi connectivity index (χ0n) is 23.9. The smallest absolute Gasteiger partial charge is 0.338 e. The van der Waals surface area contributed by atoms with Gasteiger partial charge in [0, 0.05) is 24.2 Å². The first-order valence-corrected chi connectivity index (χ1v) is 13.9. The third-order valence-corrected chi connectivity index (χ3v) is 7.80. The van der Waals surface area contributed by atoms with Crippen LogP contribution in [0.3, 0.4) is 0 Å². The topological polar surface area (TPSA) is 115 Å². The predicted octanol–water partition coefficient (Wildman–Crippen LogP) is 5.12. The average molecular weight is 596 g/mol. The molecule has 0 spiro atoms. The number of hydrogen-bond acceptors (Lipinski definition) is 6. The van der Waals surface area contributed by atoms with Crippen LogP contribution < -0.4 is 10.6 Å². The molecule has 0 fully saturated rings. The summed E-state index contributed by atoms with van der Waals surface area (Å²) in [5.74, 6) is -3.50. The molecule has 2 heterocycles. The van der Waals surface area contributed by atoms with Crippen molar-refractivity contribution < 1.29 is 27.9 Å². The number of amides is 2. The molecule has 0 unspecified atom stereocenters. The summed E-state index contributed by atoms with van der Waals surface area (Å²) in [6, 6.07) is 18.9. The van der Waals surface area contributed by atoms with Crippen LogP contribution in [0.4, 0.5) is 8.78 Å². The van der Waals surface area contributed by atoms with Gasteiger partial charge in [-0.05, 0) is 60.2 Å². The van der Waals surface area contributed by atoms with Crippen LogP contribution in [0.5, 0.6) is 0 Å². The maximum Gasteiger partial charge on any atom is 0.338 e. The maximum absolute atomic E-state index is 13.8. The minimum absolute atomic E-state index is 0.0462. The van der Waals surface area contributed by atoms with E-state index in [-0.39, 0.29) is 29.6 Å². The standard InChI is InChI=1S/C33H27F2N5O4/c1-18-21-11-13-26(23(21)10-9-22(18)33(43)44-2)38-32(42)29-15-28(31(41)36-17-19-8-12-24(34)25(35)14-19)37-30-16-27(39-40(29)30)20-6-4-3-5-7-20/h3-10,12,14-16,26H,11,13,17H2,1-2H3,(H,36,41)(H,38,42)/t26-/m0/s1. The van der Waals surface area contributed by atoms with Crippen molar-refractivity contribution in [3.05, 3.63) is 124 Å². The number of benzene rings is 3. The Morgan fingerprint density at radius 3 is 2.52 bits per heavy atom. The molecule has 3 aromatic carbocycles. The van der Waals surface area contributed by atoms with Crippen molar-refractivity contribution in [1.29, 1.82) is 0 Å². The fourth-order valence-electron chi connectivity index (χ4n) is 5.52. The van der Waals surface area contributed by atoms with Gasteiger partial charge in [-0.3, -0.25) is 9.59 Å². The highest BCUT2D eigenvalue weighted by atomic mass is 19.2. The van der Waals surface area contributed by atoms with Crippen LogP contribution in [0.1, 0.15) is 66.1 Å². The zero-order valence-corrected chi connectivity index (χ0v) is 23.9. The van der Waals surface area contributed by atoms with E-state index in [1.807, 2.05) is 43.3 Å². The first-order chi connectivity index (χ1) is 21.2. The molecule has 0 saturated heterocycles. The molecule has 0 bridgehead atoms. The molecule has 1 aliphatic rings. The van der Waals surface area contributed by atoms with Crippen molar-refractivity contribution in [2.24, 2.45) is 0 Å². The van der Waals surface area contributed by atoms with E-state index in [0.717, 1.165) is 34.4 Å². The van der Waals surface area contributed by atoms with E-state index in [4.69, 9.17) is 4.74 Å². The lowest BCUT2D eigenvalue weighted by Crippen LogP contribution is -2.30. The lowest BCUT2D eigenvalue weighted by molar-refractivity contribution is 0.0599. The van der Waals surface area contributed by atoms with Gasteiger partial charge >= 0.3 is 5.97 Å². The van der Waals surface area contributed by atoms with Gasteiger partial charge in [0.05, 0.1) is 24.4 Å². The minimum Gasteiger partial charge on any atom is -0.465 e. The molecule has 44 heavy (non-hydrogen) atoms. The summed E-state index contributed by atoms with van der Waals surface area (Å²) in [7, 11) is 1.34. The van der Waals surface area contributed by atoms with E-state index in [2.05, 4.69) is 20.7 Å². The number of ether oxygens (including phenoxy) is 1. The molecule has 2 amide bonds. The number of methoxy groups -OCH3 is 1. The summed E-state index contributed by atoms with van der Waals surface area (Å²) in [6.07, 6.45) is 1.29. The van der Waals surface area contributed by atoms with Crippen LogP contribution in [0.15, 0.2) is 72.8 Å². The molecule has 1 aliphatic carbocycles. The molecule has 222 valence electrons. The first kappa shape index (κ1) is 28.7. The lowest BCUT2D eigenvalue weighted by atomic mass is 9.98. The molecular weight excluding hydrogens is 568 g/mol. The van der Waals surface area contributed by atoms with Crippen molar-refractivity contribution >= 4 is 23.4 Å². The quantitative estimate of drug-likeness (QED) is 0.253. The van der Waals surface area contributed by atoms with Gasteiger partial charge in [0.1, 0.15) is 11.4 Å². The first-order valence-electron chi connectivity index (χ1n) is 13.9. The number of rotatable bonds is 7. The fourth-order valence-corrected chi connectivity index (χ4v) is 5.52. The Bertz CT molecular complexity index is 1940. The van der Waals surface area contributed by atoms with Crippen molar-refractivity contribution in [1.82, 2.24) is 25.2 Å². The summed E-state index contributed by atoms with van der Waals surface area (Å²) in [4.78, 5) is 43.6. The molecule has 0 aliphatic heterocycles. The highest BCUT2D eigenvalue weighted by molar-refractivity contribution is 5.98. The third kappa shape index (κ3) is 5.39. The molecular formula is C33H27F2N5O4. The van der Waals surface area contributed by atoms with Crippen LogP contribution in [-0.4, -0.2) is 39.5 Å². The molecule has 11 heteroatoms. The molecule has 2 N–H and O–H groups in total. The molecule has 0 saturated carbocycles. The van der Waals surface area contributed by atoms with Crippen LogP contribution in [0.2, 0.25) is 0 Å². The van der Waals surface area contributed by atoms with E-state index in [0.29, 0.717) is 29.7 Å². The Kier molecular flexibility index (Phi) is 7.60. The van der Waals surface area contributed by atoms with Gasteiger partial charge in [-0.15, -0.1) is 0 Å². The Balaban J connectivity index is 1.32. The Morgan fingerprint density at radius 2 is 1.77 bits per heavy atom. The number of aromatic nitrogens is 3. The van der Waals surface area contributed by atoms with Gasteiger partial charge in [-0.2, -0.15) is 5.10 Å². The largest absolute Gasteiger partial charge is 0.465 e. The van der Waals surface area contributed by atoms with Gasteiger partial charge in [-0.25, -0.2) is 23.1 Å². The molecule has 6 rings (SSSR count). The highest BCUT2D eigenvalue weighted by Crippen LogP contribution is 2.35. The number of carbonyl (C=O) groups is 3. The lowest BCUT2D eigenvalue weighted by Gasteiger charge is -2.16. The van der Waals surface area contributed by atoms with Crippen LogP contribution in [0.25, 0.3) is 16.9 Å².